The molecular weight excluding hydrogens is 941 g/mol. The van der Waals surface area contributed by atoms with E-state index in [1.165, 1.54) is 77.2 Å². The minimum absolute atomic E-state index is 0.631. The van der Waals surface area contributed by atoms with Gasteiger partial charge in [-0.1, -0.05) is 231 Å². The van der Waals surface area contributed by atoms with Crippen molar-refractivity contribution < 1.29 is 0 Å². The van der Waals surface area contributed by atoms with Crippen LogP contribution in [-0.2, 0) is 10.8 Å². The quantitative estimate of drug-likeness (QED) is 0.135. The molecule has 0 heterocycles. The van der Waals surface area contributed by atoms with Crippen LogP contribution >= 0.6 is 0 Å². The zero-order valence-electron chi connectivity index (χ0n) is 42.9. The normalized spacial score (nSPS) is 15.8. The highest BCUT2D eigenvalue weighted by Crippen LogP contribution is 2.67. The summed E-state index contributed by atoms with van der Waals surface area (Å²) in [7, 11) is 0. The third-order valence-corrected chi connectivity index (χ3v) is 16.7. The first kappa shape index (κ1) is 45.4. The summed E-state index contributed by atoms with van der Waals surface area (Å²) in [6.07, 6.45) is 0. The molecule has 2 atom stereocenters. The first-order valence-electron chi connectivity index (χ1n) is 27.1. The Hall–Kier alpha value is -10.0. The Morgan fingerprint density at radius 1 is 0.179 bits per heavy atom. The fraction of sp³-hybridized carbons (Fsp3) is 0.0263. The molecule has 0 amide bonds. The molecule has 366 valence electrons. The molecule has 2 unspecified atom stereocenters. The van der Waals surface area contributed by atoms with Crippen LogP contribution in [0.15, 0.2) is 315 Å². The molecule has 13 aromatic carbocycles. The number of benzene rings is 13. The number of para-hydroxylation sites is 2. The standard InChI is InChI=1S/C76H52N2/c1-5-27-61(28-6-1)75-69-37-17-18-38-70(69)76(62-29-7-2-8-30-62,72-46-42-59(51-73(72)75)57-25-19-35-65(49-57)77(63-31-9-3-10-32-63)67-43-39-53-21-13-15-23-55(53)47-67)74-52-60(41-45-71(74)75)58-26-20-36-66(50-58)78(64-33-11-4-12-34-64)68-44-40-54-22-14-16-24-56(54)48-68/h1-52H. The predicted octanol–water partition coefficient (Wildman–Crippen LogP) is 19.7. The van der Waals surface area contributed by atoms with Gasteiger partial charge in [0, 0.05) is 34.1 Å². The number of fused-ring (bicyclic) bond motifs is 2. The molecule has 2 heteroatoms. The molecule has 0 spiro atoms. The molecule has 0 N–H and O–H groups in total. The van der Waals surface area contributed by atoms with Crippen LogP contribution in [0.2, 0.25) is 0 Å². The summed E-state index contributed by atoms with van der Waals surface area (Å²) in [5, 5.41) is 4.87. The highest BCUT2D eigenvalue weighted by atomic mass is 15.1. The Balaban J connectivity index is 0.933. The van der Waals surface area contributed by atoms with Crippen molar-refractivity contribution in [1.82, 2.24) is 0 Å². The second-order valence-electron chi connectivity index (χ2n) is 20.8. The second-order valence-corrected chi connectivity index (χ2v) is 20.8. The fourth-order valence-electron chi connectivity index (χ4n) is 13.4. The lowest BCUT2D eigenvalue weighted by Crippen LogP contribution is -2.51. The van der Waals surface area contributed by atoms with Gasteiger partial charge in [0.1, 0.15) is 0 Å². The maximum absolute atomic E-state index is 2.53. The van der Waals surface area contributed by atoms with Crippen LogP contribution in [0.1, 0.15) is 44.5 Å². The van der Waals surface area contributed by atoms with Gasteiger partial charge in [-0.15, -0.1) is 0 Å². The van der Waals surface area contributed by atoms with E-state index in [4.69, 9.17) is 0 Å². The summed E-state index contributed by atoms with van der Waals surface area (Å²) in [6.45, 7) is 0. The third kappa shape index (κ3) is 7.04. The van der Waals surface area contributed by atoms with E-state index in [1.54, 1.807) is 0 Å². The van der Waals surface area contributed by atoms with Crippen molar-refractivity contribution in [2.24, 2.45) is 0 Å². The summed E-state index contributed by atoms with van der Waals surface area (Å²) in [4.78, 5) is 4.77. The lowest BCUT2D eigenvalue weighted by molar-refractivity contribution is 0.557. The van der Waals surface area contributed by atoms with Crippen molar-refractivity contribution in [2.45, 2.75) is 10.8 Å². The van der Waals surface area contributed by atoms with Gasteiger partial charge < -0.3 is 9.80 Å². The van der Waals surface area contributed by atoms with E-state index in [-0.39, 0.29) is 0 Å². The van der Waals surface area contributed by atoms with Crippen molar-refractivity contribution in [3.8, 4) is 22.3 Å². The number of anilines is 6. The highest BCUT2D eigenvalue weighted by Gasteiger charge is 2.60. The summed E-state index contributed by atoms with van der Waals surface area (Å²) >= 11 is 0. The lowest BCUT2D eigenvalue weighted by atomic mass is 9.44. The molecule has 0 fully saturated rings. The molecule has 16 rings (SSSR count). The number of hydrogen-bond acceptors (Lipinski definition) is 2. The van der Waals surface area contributed by atoms with Crippen molar-refractivity contribution in [2.75, 3.05) is 9.80 Å². The van der Waals surface area contributed by atoms with E-state index in [9.17, 15) is 0 Å². The Morgan fingerprint density at radius 3 is 0.923 bits per heavy atom. The SMILES string of the molecule is c1ccc(N(c2cccc(-c3ccc4c(c3)C3(c5ccccc5)c5ccccc5C4(c4ccccc4)c4cc(-c5cccc(N(c6ccccc6)c6ccc7ccccc7c6)c5)ccc43)c2)c2ccc3ccccc3c2)cc1. The van der Waals surface area contributed by atoms with Gasteiger partial charge in [-0.25, -0.2) is 0 Å². The number of nitrogens with zero attached hydrogens (tertiary/aromatic N) is 2. The first-order valence-corrected chi connectivity index (χ1v) is 27.1. The van der Waals surface area contributed by atoms with Crippen molar-refractivity contribution >= 4 is 55.7 Å². The lowest BCUT2D eigenvalue weighted by Gasteiger charge is -2.57. The minimum Gasteiger partial charge on any atom is -0.310 e. The van der Waals surface area contributed by atoms with Gasteiger partial charge in [0.2, 0.25) is 0 Å². The van der Waals surface area contributed by atoms with E-state index in [2.05, 4.69) is 325 Å². The van der Waals surface area contributed by atoms with Crippen LogP contribution in [0.3, 0.4) is 0 Å². The summed E-state index contributed by atoms with van der Waals surface area (Å²) in [5.74, 6) is 0. The maximum Gasteiger partial charge on any atom is 0.0711 e. The van der Waals surface area contributed by atoms with E-state index >= 15 is 0 Å². The predicted molar refractivity (Wildman–Crippen MR) is 325 cm³/mol. The Kier molecular flexibility index (Phi) is 10.7. The van der Waals surface area contributed by atoms with Crippen molar-refractivity contribution in [3.63, 3.8) is 0 Å². The molecule has 2 bridgehead atoms. The van der Waals surface area contributed by atoms with Gasteiger partial charge in [-0.2, -0.15) is 0 Å². The van der Waals surface area contributed by atoms with E-state index in [1.807, 2.05) is 0 Å². The fourth-order valence-corrected chi connectivity index (χ4v) is 13.4. The first-order chi connectivity index (χ1) is 38.7. The maximum atomic E-state index is 2.53. The Bertz CT molecular complexity index is 4110. The van der Waals surface area contributed by atoms with Gasteiger partial charge in [-0.05, 0) is 173 Å². The Morgan fingerprint density at radius 2 is 0.500 bits per heavy atom. The minimum atomic E-state index is -0.631. The highest BCUT2D eigenvalue weighted by molar-refractivity contribution is 5.93. The summed E-state index contributed by atoms with van der Waals surface area (Å²) < 4.78 is 0. The van der Waals surface area contributed by atoms with Crippen LogP contribution in [-0.4, -0.2) is 0 Å². The average molecular weight is 993 g/mol. The van der Waals surface area contributed by atoms with Gasteiger partial charge >= 0.3 is 0 Å². The number of hydrogen-bond donors (Lipinski definition) is 0. The van der Waals surface area contributed by atoms with Crippen LogP contribution in [0.25, 0.3) is 43.8 Å². The Labute approximate surface area is 456 Å². The van der Waals surface area contributed by atoms with Gasteiger partial charge in [0.15, 0.2) is 0 Å². The molecular formula is C76H52N2. The van der Waals surface area contributed by atoms with Crippen LogP contribution in [0.4, 0.5) is 34.1 Å². The van der Waals surface area contributed by atoms with E-state index < -0.39 is 10.8 Å². The van der Waals surface area contributed by atoms with E-state index in [0.29, 0.717) is 0 Å². The average Bonchev–Trinajstić information content (AvgIpc) is 3.32. The van der Waals surface area contributed by atoms with Crippen molar-refractivity contribution in [3.05, 3.63) is 360 Å². The van der Waals surface area contributed by atoms with Crippen molar-refractivity contribution in [1.29, 1.82) is 0 Å². The molecule has 3 aliphatic carbocycles. The molecule has 3 aliphatic rings. The second kappa shape index (κ2) is 18.4. The molecule has 0 saturated heterocycles. The van der Waals surface area contributed by atoms with Crippen LogP contribution < -0.4 is 9.80 Å². The molecule has 13 aromatic rings. The molecule has 2 nitrogen and oxygen atoms in total. The molecule has 0 aliphatic heterocycles. The zero-order chi connectivity index (χ0) is 51.6. The van der Waals surface area contributed by atoms with Gasteiger partial charge in [0.05, 0.1) is 10.8 Å². The summed E-state index contributed by atoms with van der Waals surface area (Å²) in [6, 6.07) is 117. The number of rotatable bonds is 10. The molecule has 0 saturated carbocycles. The largest absolute Gasteiger partial charge is 0.310 e. The topological polar surface area (TPSA) is 6.48 Å². The monoisotopic (exact) mass is 992 g/mol. The molecule has 78 heavy (non-hydrogen) atoms. The molecule has 0 aromatic heterocycles. The van der Waals surface area contributed by atoms with E-state index in [0.717, 1.165) is 45.3 Å². The van der Waals surface area contributed by atoms with Gasteiger partial charge in [-0.3, -0.25) is 0 Å². The van der Waals surface area contributed by atoms with Crippen LogP contribution in [0.5, 0.6) is 0 Å². The third-order valence-electron chi connectivity index (χ3n) is 16.7. The summed E-state index contributed by atoms with van der Waals surface area (Å²) in [5.41, 5.74) is 20.4. The van der Waals surface area contributed by atoms with Crippen LogP contribution in [0, 0.1) is 0 Å². The zero-order valence-corrected chi connectivity index (χ0v) is 42.9. The van der Waals surface area contributed by atoms with Gasteiger partial charge in [0.25, 0.3) is 0 Å². The smallest absolute Gasteiger partial charge is 0.0711 e. The molecule has 0 radical (unpaired) electrons.